The maximum atomic E-state index is 8.64. The molecule has 0 bridgehead atoms. The summed E-state index contributed by atoms with van der Waals surface area (Å²) in [5.41, 5.74) is 0.819. The van der Waals surface area contributed by atoms with Crippen LogP contribution in [-0.2, 0) is 26.5 Å². The van der Waals surface area contributed by atoms with Gasteiger partial charge in [0.15, 0.2) is 11.5 Å². The predicted octanol–water partition coefficient (Wildman–Crippen LogP) is 9.85. The summed E-state index contributed by atoms with van der Waals surface area (Å²) in [4.78, 5) is 13.1. The van der Waals surface area contributed by atoms with Gasteiger partial charge >= 0.3 is 0 Å². The van der Waals surface area contributed by atoms with Crippen LogP contribution in [0.25, 0.3) is 54.8 Å². The molecule has 7 rings (SSSR count). The van der Waals surface area contributed by atoms with E-state index >= 15 is 0 Å². The van der Waals surface area contributed by atoms with Crippen molar-refractivity contribution in [1.29, 1.82) is 0 Å². The van der Waals surface area contributed by atoms with Crippen molar-refractivity contribution < 1.29 is 43.7 Å². The molecule has 0 saturated carbocycles. The van der Waals surface area contributed by atoms with E-state index in [4.69, 9.17) is 23.6 Å². The average molecular weight is 756 g/mol. The van der Waals surface area contributed by atoms with Crippen molar-refractivity contribution in [2.45, 2.75) is 54.6 Å². The average Bonchev–Trinajstić information content (AvgIpc) is 3.55. The number of hydrogen-bond donors (Lipinski definition) is 0. The quantitative estimate of drug-likeness (QED) is 0.130. The number of fused-ring (bicyclic) bond motifs is 8. The van der Waals surface area contributed by atoms with Crippen LogP contribution < -0.4 is 0 Å². The van der Waals surface area contributed by atoms with E-state index in [9.17, 15) is 0 Å². The molecule has 7 aromatic rings. The second-order valence-electron chi connectivity index (χ2n) is 10.9. The van der Waals surface area contributed by atoms with E-state index in [0.717, 1.165) is 11.6 Å². The Morgan fingerprint density at radius 1 is 0.837 bits per heavy atom. The van der Waals surface area contributed by atoms with E-state index in [0.29, 0.717) is 27.4 Å². The van der Waals surface area contributed by atoms with Gasteiger partial charge in [-0.05, 0) is 65.3 Å². The van der Waals surface area contributed by atoms with Gasteiger partial charge in [0.2, 0.25) is 0 Å². The first-order valence-corrected chi connectivity index (χ1v) is 13.2. The minimum atomic E-state index is -2.78. The molecule has 3 aromatic heterocycles. The zero-order valence-electron chi connectivity index (χ0n) is 37.5. The summed E-state index contributed by atoms with van der Waals surface area (Å²) in [6.45, 7) is -4.64. The van der Waals surface area contributed by atoms with Gasteiger partial charge in [0.1, 0.15) is 5.52 Å². The molecular formula is C38H35IrN3O-2. The molecule has 0 fully saturated rings. The van der Waals surface area contributed by atoms with Gasteiger partial charge in [0, 0.05) is 63.4 Å². The molecule has 4 aromatic carbocycles. The number of hydrogen-bond acceptors (Lipinski definition) is 4. The first-order valence-electron chi connectivity index (χ1n) is 20.2. The third kappa shape index (κ3) is 6.11. The molecule has 43 heavy (non-hydrogen) atoms. The van der Waals surface area contributed by atoms with Crippen molar-refractivity contribution >= 4 is 43.5 Å². The molecule has 4 nitrogen and oxygen atoms in total. The Bertz CT molecular complexity index is 2530. The topological polar surface area (TPSA) is 51.8 Å². The number of pyridine rings is 2. The maximum Gasteiger partial charge on any atom is 0.196 e. The van der Waals surface area contributed by atoms with Crippen LogP contribution in [0.1, 0.15) is 68.1 Å². The summed E-state index contributed by atoms with van der Waals surface area (Å²) >= 11 is 0. The van der Waals surface area contributed by atoms with Crippen LogP contribution in [0.4, 0.5) is 0 Å². The van der Waals surface area contributed by atoms with Gasteiger partial charge in [0.05, 0.1) is 0 Å². The zero-order chi connectivity index (χ0) is 41.4. The van der Waals surface area contributed by atoms with Crippen molar-refractivity contribution in [2.24, 2.45) is 5.41 Å². The number of aromatic nitrogens is 3. The molecule has 3 heterocycles. The van der Waals surface area contributed by atoms with Gasteiger partial charge in [-0.1, -0.05) is 56.6 Å². The summed E-state index contributed by atoms with van der Waals surface area (Å²) in [5.74, 6) is -0.138. The Balaban J connectivity index is 0.000000251. The van der Waals surface area contributed by atoms with Crippen molar-refractivity contribution in [3.05, 3.63) is 113 Å². The molecule has 5 heteroatoms. The van der Waals surface area contributed by atoms with Crippen LogP contribution in [0.5, 0.6) is 0 Å². The Hall–Kier alpha value is -3.92. The van der Waals surface area contributed by atoms with E-state index in [1.54, 1.807) is 57.2 Å². The molecule has 1 radical (unpaired) electrons. The summed E-state index contributed by atoms with van der Waals surface area (Å²) < 4.78 is 116. The van der Waals surface area contributed by atoms with E-state index in [1.807, 2.05) is 6.07 Å². The van der Waals surface area contributed by atoms with Gasteiger partial charge < -0.3 is 14.4 Å². The second-order valence-corrected chi connectivity index (χ2v) is 10.9. The van der Waals surface area contributed by atoms with Crippen LogP contribution in [-0.4, -0.2) is 15.0 Å². The molecule has 0 aliphatic carbocycles. The normalized spacial score (nSPS) is 17.8. The fourth-order valence-electron chi connectivity index (χ4n) is 4.78. The molecule has 0 unspecified atom stereocenters. The summed E-state index contributed by atoms with van der Waals surface area (Å²) in [6, 6.07) is 22.3. The van der Waals surface area contributed by atoms with Crippen LogP contribution >= 0.6 is 0 Å². The molecule has 0 N–H and O–H groups in total. The summed E-state index contributed by atoms with van der Waals surface area (Å²) in [6.07, 6.45) is 0.470. The maximum absolute atomic E-state index is 8.64. The molecule has 219 valence electrons. The first-order chi connectivity index (χ1) is 25.7. The summed E-state index contributed by atoms with van der Waals surface area (Å²) in [7, 11) is 0. The van der Waals surface area contributed by atoms with Crippen molar-refractivity contribution in [3.63, 3.8) is 0 Å². The number of nitrogens with zero attached hydrogens (tertiary/aromatic N) is 3. The Morgan fingerprint density at radius 2 is 1.70 bits per heavy atom. The fraction of sp³-hybridized carbons (Fsp3) is 0.237. The zero-order valence-corrected chi connectivity index (χ0v) is 25.9. The molecule has 0 amide bonds. The van der Waals surface area contributed by atoms with E-state index in [1.165, 1.54) is 24.4 Å². The number of aryl methyl sites for hydroxylation is 4. The van der Waals surface area contributed by atoms with Crippen LogP contribution in [0.3, 0.4) is 0 Å². The number of oxazole rings is 1. The standard InChI is InChI=1S/C25H23N2O.C13H12N.Ir/c1-14-13-26-23-18-9-7-6-8-16(18)17-10-11-19-24(22(17)21(23)15(14)2)27-20(28-19)12-25(3,4)5;1-10-3-6-12(7-4-10)13-8-5-11(2)9-14-13;/h6-8,10-11,13H,12H2,1-5H3;3-6,8-9H,1-2H3;/q2*-1;/i1D3,2D3,12D2;1D3,2D3;. The number of rotatable bonds is 2. The first kappa shape index (κ1) is 17.4. The van der Waals surface area contributed by atoms with Crippen LogP contribution in [0, 0.1) is 45.0 Å². The molecule has 0 saturated heterocycles. The van der Waals surface area contributed by atoms with Gasteiger partial charge in [-0.3, -0.25) is 0 Å². The van der Waals surface area contributed by atoms with Crippen molar-refractivity contribution in [2.75, 3.05) is 0 Å². The van der Waals surface area contributed by atoms with Crippen molar-refractivity contribution in [1.82, 2.24) is 15.0 Å². The largest absolute Gasteiger partial charge is 0.441 e. The van der Waals surface area contributed by atoms with Gasteiger partial charge in [0.25, 0.3) is 0 Å². The molecular weight excluding hydrogens is 707 g/mol. The van der Waals surface area contributed by atoms with Gasteiger partial charge in [-0.2, -0.15) is 0 Å². The van der Waals surface area contributed by atoms with Crippen molar-refractivity contribution in [3.8, 4) is 11.3 Å². The van der Waals surface area contributed by atoms with E-state index in [2.05, 4.69) is 27.1 Å². The van der Waals surface area contributed by atoms with Crippen LogP contribution in [0.15, 0.2) is 77.5 Å². The minimum absolute atomic E-state index is 0. The minimum Gasteiger partial charge on any atom is -0.441 e. The molecule has 0 aliphatic heterocycles. The monoisotopic (exact) mass is 756 g/mol. The smallest absolute Gasteiger partial charge is 0.196 e. The number of benzene rings is 4. The molecule has 0 aliphatic rings. The predicted molar refractivity (Wildman–Crippen MR) is 174 cm³/mol. The van der Waals surface area contributed by atoms with E-state index < -0.39 is 39.2 Å². The Kier molecular flexibility index (Phi) is 4.85. The van der Waals surface area contributed by atoms with Crippen LogP contribution in [0.2, 0.25) is 0 Å². The second kappa shape index (κ2) is 12.0. The van der Waals surface area contributed by atoms with Gasteiger partial charge in [-0.25, -0.2) is 4.98 Å². The molecule has 0 atom stereocenters. The third-order valence-corrected chi connectivity index (χ3v) is 6.61. The Labute approximate surface area is 286 Å². The van der Waals surface area contributed by atoms with Gasteiger partial charge in [-0.15, -0.1) is 65.0 Å². The molecule has 0 spiro atoms. The summed E-state index contributed by atoms with van der Waals surface area (Å²) in [5, 5.41) is 2.40. The van der Waals surface area contributed by atoms with E-state index in [-0.39, 0.29) is 70.3 Å². The third-order valence-electron chi connectivity index (χ3n) is 6.61. The fourth-order valence-corrected chi connectivity index (χ4v) is 4.78. The Morgan fingerprint density at radius 3 is 2.40 bits per heavy atom. The SMILES string of the molecule is [2H]C([2H])([2H])c1c[c-]c(-c2ccc(C([2H])([2H])[2H])cn2)cc1.[2H]C([2H])([2H])c1cnc2c3[c-]cccc3c3ccc4oc(C([2H])([2H])C(C)(C)C)nc4c3c2c1C([2H])([2H])[2H].[Ir].